The van der Waals surface area contributed by atoms with E-state index in [2.05, 4.69) is 4.98 Å². The van der Waals surface area contributed by atoms with Crippen LogP contribution in [0, 0.1) is 6.92 Å². The van der Waals surface area contributed by atoms with Crippen molar-refractivity contribution in [1.29, 1.82) is 0 Å². The number of hydrogen-bond acceptors (Lipinski definition) is 2. The van der Waals surface area contributed by atoms with Gasteiger partial charge in [-0.3, -0.25) is 4.79 Å². The molecule has 0 fully saturated rings. The summed E-state index contributed by atoms with van der Waals surface area (Å²) < 4.78 is 24.2. The van der Waals surface area contributed by atoms with Crippen molar-refractivity contribution in [3.8, 4) is 0 Å². The zero-order chi connectivity index (χ0) is 9.30. The summed E-state index contributed by atoms with van der Waals surface area (Å²) in [4.78, 5) is 13.4. The van der Waals surface area contributed by atoms with Gasteiger partial charge in [-0.05, 0) is 6.92 Å². The lowest BCUT2D eigenvalue weighted by Gasteiger charge is -2.03. The molecule has 0 bridgehead atoms. The quantitative estimate of drug-likeness (QED) is 0.672. The fraction of sp³-hybridized carbons (Fsp3) is 0.286. The Labute approximate surface area is 67.2 Å². The summed E-state index contributed by atoms with van der Waals surface area (Å²) in [6.45, 7) is 1.58. The van der Waals surface area contributed by atoms with Crippen LogP contribution >= 0.6 is 0 Å². The van der Waals surface area contributed by atoms with Crippen molar-refractivity contribution >= 4 is 5.82 Å². The Kier molecular flexibility index (Phi) is 2.12. The summed E-state index contributed by atoms with van der Waals surface area (Å²) in [5.41, 5.74) is 4.29. The van der Waals surface area contributed by atoms with Gasteiger partial charge in [0, 0.05) is 11.8 Å². The van der Waals surface area contributed by atoms with Gasteiger partial charge in [-0.1, -0.05) is 0 Å². The number of aromatic amines is 1. The molecule has 1 aromatic heterocycles. The third-order valence-corrected chi connectivity index (χ3v) is 1.45. The molecule has 0 saturated heterocycles. The van der Waals surface area contributed by atoms with Crippen molar-refractivity contribution in [3.63, 3.8) is 0 Å². The number of hydrogen-bond donors (Lipinski definition) is 2. The minimum atomic E-state index is -2.82. The first-order chi connectivity index (χ1) is 5.52. The second-order valence-corrected chi connectivity index (χ2v) is 2.44. The second-order valence-electron chi connectivity index (χ2n) is 2.44. The number of anilines is 1. The number of aryl methyl sites for hydroxylation is 1. The Hall–Kier alpha value is -1.39. The predicted molar refractivity (Wildman–Crippen MR) is 41.2 cm³/mol. The Morgan fingerprint density at radius 1 is 1.58 bits per heavy atom. The van der Waals surface area contributed by atoms with E-state index >= 15 is 0 Å². The van der Waals surface area contributed by atoms with Gasteiger partial charge in [0.2, 0.25) is 0 Å². The van der Waals surface area contributed by atoms with Gasteiger partial charge in [0.05, 0.1) is 0 Å². The van der Waals surface area contributed by atoms with E-state index in [4.69, 9.17) is 5.73 Å². The monoisotopic (exact) mass is 174 g/mol. The number of H-pyrrole nitrogens is 1. The third-order valence-electron chi connectivity index (χ3n) is 1.45. The number of halogens is 2. The van der Waals surface area contributed by atoms with E-state index in [1.165, 1.54) is 0 Å². The molecule has 5 heteroatoms. The van der Waals surface area contributed by atoms with Crippen LogP contribution in [0.4, 0.5) is 14.6 Å². The average molecular weight is 174 g/mol. The number of nitrogens with one attached hydrogen (secondary N) is 1. The zero-order valence-electron chi connectivity index (χ0n) is 6.40. The first-order valence-electron chi connectivity index (χ1n) is 3.30. The number of rotatable bonds is 1. The Morgan fingerprint density at radius 3 is 2.58 bits per heavy atom. The highest BCUT2D eigenvalue weighted by Gasteiger charge is 2.15. The lowest BCUT2D eigenvalue weighted by molar-refractivity contribution is 0.150. The van der Waals surface area contributed by atoms with Gasteiger partial charge in [0.25, 0.3) is 6.43 Å². The molecule has 0 saturated carbocycles. The van der Waals surface area contributed by atoms with Gasteiger partial charge in [0.1, 0.15) is 11.4 Å². The van der Waals surface area contributed by atoms with Crippen LogP contribution in [0.25, 0.3) is 0 Å². The number of nitrogen functional groups attached to an aromatic ring is 1. The van der Waals surface area contributed by atoms with Crippen LogP contribution in [0.1, 0.15) is 17.7 Å². The maximum absolute atomic E-state index is 12.1. The van der Waals surface area contributed by atoms with Gasteiger partial charge in [-0.15, -0.1) is 0 Å². The van der Waals surface area contributed by atoms with Crippen LogP contribution in [0.15, 0.2) is 10.9 Å². The van der Waals surface area contributed by atoms with E-state index < -0.39 is 17.4 Å². The average Bonchev–Trinajstić information content (AvgIpc) is 1.82. The predicted octanol–water partition coefficient (Wildman–Crippen LogP) is 1.20. The number of nitrogens with two attached hydrogens (primary N) is 1. The summed E-state index contributed by atoms with van der Waals surface area (Å²) in [5, 5.41) is 0. The Balaban J connectivity index is 3.39. The van der Waals surface area contributed by atoms with Crippen molar-refractivity contribution in [2.45, 2.75) is 13.3 Å². The molecule has 3 N–H and O–H groups in total. The fourth-order valence-electron chi connectivity index (χ4n) is 0.948. The molecule has 0 aliphatic carbocycles. The van der Waals surface area contributed by atoms with Gasteiger partial charge in [-0.2, -0.15) is 0 Å². The second kappa shape index (κ2) is 2.92. The van der Waals surface area contributed by atoms with Crippen LogP contribution in [0.3, 0.4) is 0 Å². The highest BCUT2D eigenvalue weighted by atomic mass is 19.3. The molecule has 1 aromatic rings. The fourth-order valence-corrected chi connectivity index (χ4v) is 0.948. The molecule has 0 aromatic carbocycles. The highest BCUT2D eigenvalue weighted by molar-refractivity contribution is 5.40. The third kappa shape index (κ3) is 1.44. The van der Waals surface area contributed by atoms with Crippen LogP contribution in [-0.2, 0) is 0 Å². The molecule has 0 unspecified atom stereocenters. The molecule has 12 heavy (non-hydrogen) atoms. The molecule has 0 aliphatic rings. The van der Waals surface area contributed by atoms with Crippen LogP contribution in [0.2, 0.25) is 0 Å². The van der Waals surface area contributed by atoms with Gasteiger partial charge < -0.3 is 10.7 Å². The summed E-state index contributed by atoms with van der Waals surface area (Å²) >= 11 is 0. The number of pyridine rings is 1. The SMILES string of the molecule is Cc1cc(=O)c(C(F)F)c(N)[nH]1. The van der Waals surface area contributed by atoms with Crippen LogP contribution < -0.4 is 11.2 Å². The molecule has 1 rings (SSSR count). The number of aromatic nitrogens is 1. The van der Waals surface area contributed by atoms with E-state index in [-0.39, 0.29) is 5.82 Å². The first-order valence-corrected chi connectivity index (χ1v) is 3.30. The van der Waals surface area contributed by atoms with Crippen molar-refractivity contribution in [3.05, 3.63) is 27.5 Å². The molecule has 0 spiro atoms. The Bertz CT molecular complexity index is 346. The van der Waals surface area contributed by atoms with E-state index in [0.29, 0.717) is 5.69 Å². The smallest absolute Gasteiger partial charge is 0.271 e. The molecule has 0 amide bonds. The standard InChI is InChI=1S/C7H8F2N2O/c1-3-2-4(12)5(6(8)9)7(10)11-3/h2,6H,1H3,(H3,10,11,12). The summed E-state index contributed by atoms with van der Waals surface area (Å²) in [5.74, 6) is -0.255. The van der Waals surface area contributed by atoms with Crippen molar-refractivity contribution in [2.24, 2.45) is 0 Å². The molecular formula is C7H8F2N2O. The van der Waals surface area contributed by atoms with E-state index in [9.17, 15) is 13.6 Å². The van der Waals surface area contributed by atoms with Gasteiger partial charge >= 0.3 is 0 Å². The molecular weight excluding hydrogens is 166 g/mol. The lowest BCUT2D eigenvalue weighted by atomic mass is 10.2. The molecule has 1 heterocycles. The topological polar surface area (TPSA) is 58.9 Å². The molecule has 0 aliphatic heterocycles. The van der Waals surface area contributed by atoms with E-state index in [1.807, 2.05) is 0 Å². The highest BCUT2D eigenvalue weighted by Crippen LogP contribution is 2.19. The van der Waals surface area contributed by atoms with Crippen LogP contribution in [-0.4, -0.2) is 4.98 Å². The first kappa shape index (κ1) is 8.70. The summed E-state index contributed by atoms with van der Waals surface area (Å²) in [7, 11) is 0. The zero-order valence-corrected chi connectivity index (χ0v) is 6.40. The lowest BCUT2D eigenvalue weighted by Crippen LogP contribution is -2.14. The largest absolute Gasteiger partial charge is 0.385 e. The molecule has 0 radical (unpaired) electrons. The Morgan fingerprint density at radius 2 is 2.17 bits per heavy atom. The molecule has 0 atom stereocenters. The van der Waals surface area contributed by atoms with Crippen molar-refractivity contribution in [1.82, 2.24) is 4.98 Å². The maximum Gasteiger partial charge on any atom is 0.271 e. The molecule has 66 valence electrons. The maximum atomic E-state index is 12.1. The van der Waals surface area contributed by atoms with Gasteiger partial charge in [0.15, 0.2) is 5.43 Å². The van der Waals surface area contributed by atoms with E-state index in [0.717, 1.165) is 6.07 Å². The van der Waals surface area contributed by atoms with Gasteiger partial charge in [-0.25, -0.2) is 8.78 Å². The summed E-state index contributed by atoms with van der Waals surface area (Å²) in [6, 6.07) is 1.10. The van der Waals surface area contributed by atoms with Crippen molar-refractivity contribution in [2.75, 3.05) is 5.73 Å². The van der Waals surface area contributed by atoms with Crippen LogP contribution in [0.5, 0.6) is 0 Å². The van der Waals surface area contributed by atoms with E-state index in [1.54, 1.807) is 6.92 Å². The minimum absolute atomic E-state index is 0.255. The minimum Gasteiger partial charge on any atom is -0.385 e. The number of alkyl halides is 2. The normalized spacial score (nSPS) is 10.7. The van der Waals surface area contributed by atoms with Crippen molar-refractivity contribution < 1.29 is 8.78 Å². The summed E-state index contributed by atoms with van der Waals surface area (Å²) in [6.07, 6.45) is -2.82. The molecule has 3 nitrogen and oxygen atoms in total.